The fourth-order valence-corrected chi connectivity index (χ4v) is 10.2. The Morgan fingerprint density at radius 1 is 0.962 bits per heavy atom. The Morgan fingerprint density at radius 3 is 2.08 bits per heavy atom. The molecule has 2 aliphatic rings. The first kappa shape index (κ1) is 43.0. The molecule has 2 saturated heterocycles. The summed E-state index contributed by atoms with van der Waals surface area (Å²) in [6, 6.07) is 4.37. The van der Waals surface area contributed by atoms with E-state index in [9.17, 15) is 9.90 Å². The minimum atomic E-state index is -1.85. The molecule has 3 atom stereocenters. The molecule has 0 saturated carbocycles. The number of carbonyl (C=O) groups is 1. The van der Waals surface area contributed by atoms with Crippen molar-refractivity contribution < 1.29 is 23.8 Å². The lowest BCUT2D eigenvalue weighted by Crippen LogP contribution is -2.60. The summed E-state index contributed by atoms with van der Waals surface area (Å²) in [5.74, 6) is 1.04. The lowest BCUT2D eigenvalue weighted by atomic mass is 9.65. The maximum atomic E-state index is 12.7. The summed E-state index contributed by atoms with van der Waals surface area (Å²) in [7, 11) is -4.38. The molecule has 0 radical (unpaired) electrons. The Labute approximate surface area is 318 Å². The molecule has 10 nitrogen and oxygen atoms in total. The predicted octanol–water partition coefficient (Wildman–Crippen LogP) is 9.92. The van der Waals surface area contributed by atoms with E-state index in [2.05, 4.69) is 105 Å². The minimum Gasteiger partial charge on any atom is -0.465 e. The number of fused-ring (bicyclic) bond motifs is 3. The molecule has 2 aromatic heterocycles. The largest absolute Gasteiger partial charge is 0.465 e. The molecular weight excluding hydrogens is 703 g/mol. The van der Waals surface area contributed by atoms with Crippen LogP contribution in [-0.2, 0) is 20.3 Å². The zero-order chi connectivity index (χ0) is 38.9. The third-order valence-corrected chi connectivity index (χ3v) is 20.0. The molecule has 1 N–H and O–H groups in total. The Bertz CT molecular complexity index is 1480. The Morgan fingerprint density at radius 2 is 1.56 bits per heavy atom. The normalized spacial score (nSPS) is 21.7. The highest BCUT2D eigenvalue weighted by Gasteiger charge is 2.59. The van der Waals surface area contributed by atoms with Gasteiger partial charge < -0.3 is 23.9 Å². The number of hydrogen-bond acceptors (Lipinski definition) is 7. The first-order chi connectivity index (χ1) is 23.9. The number of rotatable bonds is 17. The van der Waals surface area contributed by atoms with Gasteiger partial charge >= 0.3 is 6.09 Å². The summed E-state index contributed by atoms with van der Waals surface area (Å²) >= 11 is 0. The van der Waals surface area contributed by atoms with Crippen LogP contribution in [0.15, 0.2) is 12.3 Å². The van der Waals surface area contributed by atoms with E-state index in [0.29, 0.717) is 33.3 Å². The van der Waals surface area contributed by atoms with Crippen molar-refractivity contribution in [1.29, 1.82) is 0 Å². The van der Waals surface area contributed by atoms with E-state index in [-0.39, 0.29) is 22.4 Å². The zero-order valence-corrected chi connectivity index (χ0v) is 38.3. The summed E-state index contributed by atoms with van der Waals surface area (Å²) in [5.41, 5.74) is 2.34. The molecule has 4 rings (SSSR count). The predicted molar refractivity (Wildman–Crippen MR) is 222 cm³/mol. The maximum Gasteiger partial charge on any atom is 0.408 e. The zero-order valence-electron chi connectivity index (χ0n) is 35.3. The van der Waals surface area contributed by atoms with Gasteiger partial charge in [0, 0.05) is 65.3 Å². The van der Waals surface area contributed by atoms with Gasteiger partial charge in [-0.1, -0.05) is 80.8 Å². The van der Waals surface area contributed by atoms with Gasteiger partial charge in [0.05, 0.1) is 11.7 Å². The van der Waals surface area contributed by atoms with Crippen molar-refractivity contribution in [3.8, 4) is 0 Å². The van der Waals surface area contributed by atoms with E-state index >= 15 is 0 Å². The number of nitrogens with zero attached hydrogens (tertiary/aromatic N) is 5. The summed E-state index contributed by atoms with van der Waals surface area (Å²) in [6.45, 7) is 35.3. The second kappa shape index (κ2) is 16.1. The number of hydrogen-bond donors (Lipinski definition) is 1. The van der Waals surface area contributed by atoms with Crippen molar-refractivity contribution in [2.45, 2.75) is 167 Å². The molecule has 0 unspecified atom stereocenters. The Balaban J connectivity index is 1.73. The van der Waals surface area contributed by atoms with Crippen LogP contribution in [-0.4, -0.2) is 100 Å². The SMILES string of the molecule is CC(C)(C)[C@@]12CC[C@@H](C[C@H](c3cc(N(COCC[Si](C)(C)C)COCC[Si](C)(C)C)n4ncc(CCCO[Si](C)(C)C(C)(C)C)c4n3)C1)N2C(=O)O. The van der Waals surface area contributed by atoms with Crippen LogP contribution in [0.5, 0.6) is 0 Å². The van der Waals surface area contributed by atoms with Crippen molar-refractivity contribution >= 4 is 42.0 Å². The van der Waals surface area contributed by atoms with Gasteiger partial charge in [0.2, 0.25) is 0 Å². The van der Waals surface area contributed by atoms with E-state index in [1.807, 2.05) is 10.7 Å². The average molecular weight is 776 g/mol. The van der Waals surface area contributed by atoms with Crippen LogP contribution in [0, 0.1) is 5.41 Å². The van der Waals surface area contributed by atoms with E-state index in [4.69, 9.17) is 24.0 Å². The molecule has 2 aromatic rings. The third kappa shape index (κ3) is 10.3. The van der Waals surface area contributed by atoms with Crippen molar-refractivity contribution in [3.05, 3.63) is 23.5 Å². The van der Waals surface area contributed by atoms with Gasteiger partial charge in [0.25, 0.3) is 0 Å². The van der Waals surface area contributed by atoms with Gasteiger partial charge in [-0.3, -0.25) is 4.90 Å². The number of amides is 1. The van der Waals surface area contributed by atoms with Crippen molar-refractivity contribution in [1.82, 2.24) is 19.5 Å². The third-order valence-electron chi connectivity index (χ3n) is 12.1. The number of ether oxygens (including phenoxy) is 2. The maximum absolute atomic E-state index is 12.7. The number of anilines is 1. The highest BCUT2D eigenvalue weighted by atomic mass is 28.4. The number of aromatic nitrogens is 3. The lowest BCUT2D eigenvalue weighted by molar-refractivity contribution is -0.0213. The van der Waals surface area contributed by atoms with Crippen LogP contribution in [0.2, 0.25) is 69.5 Å². The van der Waals surface area contributed by atoms with Crippen molar-refractivity contribution in [2.75, 3.05) is 38.2 Å². The highest BCUT2D eigenvalue weighted by molar-refractivity contribution is 6.76. The van der Waals surface area contributed by atoms with Gasteiger partial charge in [0.15, 0.2) is 14.0 Å². The van der Waals surface area contributed by atoms with Gasteiger partial charge in [-0.05, 0) is 74.2 Å². The molecule has 2 bridgehead atoms. The molecular formula is C39H73N5O5Si3. The lowest BCUT2D eigenvalue weighted by Gasteiger charge is -2.53. The molecule has 2 fully saturated rings. The Hall–Kier alpha value is -1.78. The Kier molecular flexibility index (Phi) is 13.3. The fraction of sp³-hybridized carbons (Fsp3) is 0.821. The van der Waals surface area contributed by atoms with Crippen molar-refractivity contribution in [3.63, 3.8) is 0 Å². The molecule has 0 aliphatic carbocycles. The minimum absolute atomic E-state index is 0.0141. The molecule has 296 valence electrons. The first-order valence-corrected chi connectivity index (χ1v) is 30.1. The second-order valence-corrected chi connectivity index (χ2v) is 36.7. The molecule has 13 heteroatoms. The molecule has 4 heterocycles. The summed E-state index contributed by atoms with van der Waals surface area (Å²) < 4.78 is 21.3. The van der Waals surface area contributed by atoms with E-state index < -0.39 is 36.1 Å². The van der Waals surface area contributed by atoms with Gasteiger partial charge in [0.1, 0.15) is 19.3 Å². The highest BCUT2D eigenvalue weighted by Crippen LogP contribution is 2.57. The first-order valence-electron chi connectivity index (χ1n) is 19.8. The van der Waals surface area contributed by atoms with Crippen molar-refractivity contribution in [2.24, 2.45) is 5.41 Å². The van der Waals surface area contributed by atoms with Crippen LogP contribution in [0.3, 0.4) is 0 Å². The number of aryl methyl sites for hydroxylation is 1. The van der Waals surface area contributed by atoms with Gasteiger partial charge in [-0.2, -0.15) is 9.61 Å². The fourth-order valence-electron chi connectivity index (χ4n) is 7.56. The smallest absolute Gasteiger partial charge is 0.408 e. The summed E-state index contributed by atoms with van der Waals surface area (Å²) in [4.78, 5) is 22.1. The van der Waals surface area contributed by atoms with Crippen LogP contribution in [0.4, 0.5) is 10.6 Å². The summed E-state index contributed by atoms with van der Waals surface area (Å²) in [6.07, 6.45) is 6.20. The van der Waals surface area contributed by atoms with Gasteiger partial charge in [-0.15, -0.1) is 0 Å². The van der Waals surface area contributed by atoms with E-state index in [1.54, 1.807) is 4.90 Å². The molecule has 2 aliphatic heterocycles. The summed E-state index contributed by atoms with van der Waals surface area (Å²) in [5, 5.41) is 15.6. The molecule has 52 heavy (non-hydrogen) atoms. The molecule has 0 spiro atoms. The van der Waals surface area contributed by atoms with Crippen LogP contribution >= 0.6 is 0 Å². The van der Waals surface area contributed by atoms with Crippen LogP contribution in [0.1, 0.15) is 90.8 Å². The molecule has 1 amide bonds. The monoisotopic (exact) mass is 775 g/mol. The molecule has 0 aromatic carbocycles. The number of carboxylic acid groups (broad SMARTS) is 1. The van der Waals surface area contributed by atoms with Crippen LogP contribution in [0.25, 0.3) is 5.65 Å². The number of piperidine rings is 1. The standard InChI is InChI=1S/C39H73N5O5Si3/c1-37(2,3)39-18-17-32(43(39)36(45)46)24-31(26-39)33-25-34(42(28-47-20-22-50(7,8)9)29-48-21-23-51(10,11)12)44-35(41-33)30(27-40-44)16-15-19-49-52(13,14)38(4,5)6/h25,27,31-32H,15-24,26,28-29H2,1-14H3,(H,45,46)/t31-,32-,39+/m0/s1. The topological polar surface area (TPSA) is 102 Å². The second-order valence-electron chi connectivity index (χ2n) is 20.7. The van der Waals surface area contributed by atoms with Crippen LogP contribution < -0.4 is 4.90 Å². The average Bonchev–Trinajstić information content (AvgIpc) is 3.52. The van der Waals surface area contributed by atoms with E-state index in [0.717, 1.165) is 73.3 Å². The van der Waals surface area contributed by atoms with Gasteiger partial charge in [-0.25, -0.2) is 9.78 Å². The van der Waals surface area contributed by atoms with E-state index in [1.165, 1.54) is 0 Å². The quantitative estimate of drug-likeness (QED) is 0.0963.